The zero-order chi connectivity index (χ0) is 13.9. The first-order valence-corrected chi connectivity index (χ1v) is 8.37. The Hall–Kier alpha value is -1.72. The lowest BCUT2D eigenvalue weighted by Gasteiger charge is -1.96. The van der Waals surface area contributed by atoms with E-state index >= 15 is 0 Å². The molecule has 0 aliphatic carbocycles. The minimum absolute atomic E-state index is 0.392. The molecule has 102 valence electrons. The zero-order valence-corrected chi connectivity index (χ0v) is 12.5. The number of aryl methyl sites for hydroxylation is 1. The molecule has 0 bridgehead atoms. The largest absolute Gasteiger partial charge is 0.441 e. The van der Waals surface area contributed by atoms with Crippen molar-refractivity contribution in [2.75, 3.05) is 0 Å². The summed E-state index contributed by atoms with van der Waals surface area (Å²) >= 11 is 1.50. The lowest BCUT2D eigenvalue weighted by Crippen LogP contribution is -1.96. The molecular weight excluding hydrogens is 290 g/mol. The van der Waals surface area contributed by atoms with Crippen LogP contribution in [0.15, 0.2) is 56.5 Å². The molecule has 0 aliphatic rings. The van der Waals surface area contributed by atoms with Crippen molar-refractivity contribution < 1.29 is 8.63 Å². The fraction of sp³-hybridized carbons (Fsp3) is 0.133. The number of rotatable bonds is 4. The molecular formula is C15H13NO2S2. The van der Waals surface area contributed by atoms with Crippen LogP contribution in [0.5, 0.6) is 0 Å². The van der Waals surface area contributed by atoms with Gasteiger partial charge >= 0.3 is 0 Å². The number of thiophene rings is 1. The predicted molar refractivity (Wildman–Crippen MR) is 81.1 cm³/mol. The minimum atomic E-state index is -1.06. The van der Waals surface area contributed by atoms with Gasteiger partial charge in [0.05, 0.1) is 26.5 Å². The first kappa shape index (κ1) is 13.3. The molecule has 20 heavy (non-hydrogen) atoms. The van der Waals surface area contributed by atoms with E-state index < -0.39 is 10.8 Å². The maximum absolute atomic E-state index is 12.2. The molecule has 3 nitrogen and oxygen atoms in total. The van der Waals surface area contributed by atoms with E-state index in [0.717, 1.165) is 21.2 Å². The Balaban J connectivity index is 1.85. The van der Waals surface area contributed by atoms with Crippen LogP contribution in [0.4, 0.5) is 0 Å². The molecule has 3 aromatic rings. The third-order valence-corrected chi connectivity index (χ3v) is 5.53. The summed E-state index contributed by atoms with van der Waals surface area (Å²) in [5.41, 5.74) is 1.69. The molecule has 0 amide bonds. The van der Waals surface area contributed by atoms with Crippen LogP contribution in [0.1, 0.15) is 11.5 Å². The highest BCUT2D eigenvalue weighted by Gasteiger charge is 2.15. The standard InChI is InChI=1S/C15H13NO2S2/c1-11-13(10-20(17)14-8-5-9-19-14)16-15(18-11)12-6-3-2-4-7-12/h2-9H,10H2,1H3/t20-/m0/s1. The number of aromatic nitrogens is 1. The van der Waals surface area contributed by atoms with E-state index in [2.05, 4.69) is 4.98 Å². The Morgan fingerprint density at radius 3 is 2.70 bits per heavy atom. The number of oxazole rings is 1. The van der Waals surface area contributed by atoms with E-state index in [-0.39, 0.29) is 0 Å². The second-order valence-corrected chi connectivity index (χ2v) is 6.94. The van der Waals surface area contributed by atoms with E-state index in [1.165, 1.54) is 11.3 Å². The molecule has 3 rings (SSSR count). The fourth-order valence-electron chi connectivity index (χ4n) is 1.85. The number of benzene rings is 1. The van der Waals surface area contributed by atoms with Gasteiger partial charge in [0, 0.05) is 5.56 Å². The van der Waals surface area contributed by atoms with Gasteiger partial charge in [0.2, 0.25) is 5.89 Å². The average Bonchev–Trinajstić information content (AvgIpc) is 3.10. The van der Waals surface area contributed by atoms with Crippen LogP contribution in [0.2, 0.25) is 0 Å². The molecule has 1 aromatic carbocycles. The summed E-state index contributed by atoms with van der Waals surface area (Å²) in [6.45, 7) is 1.86. The van der Waals surface area contributed by atoms with Crippen LogP contribution in [0.25, 0.3) is 11.5 Å². The topological polar surface area (TPSA) is 43.1 Å². The quantitative estimate of drug-likeness (QED) is 0.731. The van der Waals surface area contributed by atoms with Gasteiger partial charge in [-0.1, -0.05) is 24.3 Å². The SMILES string of the molecule is Cc1oc(-c2ccccc2)nc1C[S@](=O)c1cccs1. The summed E-state index contributed by atoms with van der Waals surface area (Å²) in [4.78, 5) is 4.47. The number of hydrogen-bond donors (Lipinski definition) is 0. The van der Waals surface area contributed by atoms with Crippen molar-refractivity contribution in [1.29, 1.82) is 0 Å². The normalized spacial score (nSPS) is 12.4. The van der Waals surface area contributed by atoms with Gasteiger partial charge in [0.15, 0.2) is 0 Å². The Labute approximate surface area is 123 Å². The van der Waals surface area contributed by atoms with Crippen molar-refractivity contribution in [2.45, 2.75) is 16.9 Å². The van der Waals surface area contributed by atoms with Gasteiger partial charge in [0.25, 0.3) is 0 Å². The molecule has 5 heteroatoms. The monoisotopic (exact) mass is 303 g/mol. The number of hydrogen-bond acceptors (Lipinski definition) is 4. The summed E-state index contributed by atoms with van der Waals surface area (Å²) in [5, 5.41) is 1.93. The van der Waals surface area contributed by atoms with Crippen LogP contribution in [0.3, 0.4) is 0 Å². The van der Waals surface area contributed by atoms with E-state index in [9.17, 15) is 4.21 Å². The molecule has 0 unspecified atom stereocenters. The van der Waals surface area contributed by atoms with Crippen LogP contribution in [0, 0.1) is 6.92 Å². The molecule has 1 atom stereocenters. The van der Waals surface area contributed by atoms with Gasteiger partial charge in [-0.25, -0.2) is 4.98 Å². The number of nitrogens with zero attached hydrogens (tertiary/aromatic N) is 1. The highest BCUT2D eigenvalue weighted by atomic mass is 32.2. The van der Waals surface area contributed by atoms with Crippen LogP contribution < -0.4 is 0 Å². The predicted octanol–water partition coefficient (Wildman–Crippen LogP) is 4.02. The van der Waals surface area contributed by atoms with Gasteiger partial charge in [0.1, 0.15) is 5.76 Å². The van der Waals surface area contributed by atoms with E-state index in [4.69, 9.17) is 4.42 Å². The van der Waals surface area contributed by atoms with Crippen molar-refractivity contribution in [3.8, 4) is 11.5 Å². The maximum atomic E-state index is 12.2. The zero-order valence-electron chi connectivity index (χ0n) is 10.9. The molecule has 0 fully saturated rings. The minimum Gasteiger partial charge on any atom is -0.441 e. The molecule has 2 aromatic heterocycles. The van der Waals surface area contributed by atoms with Gasteiger partial charge in [-0.3, -0.25) is 4.21 Å². The third kappa shape index (κ3) is 2.73. The first-order valence-electron chi connectivity index (χ1n) is 6.17. The lowest BCUT2D eigenvalue weighted by molar-refractivity contribution is 0.540. The summed E-state index contributed by atoms with van der Waals surface area (Å²) in [5.74, 6) is 1.71. The average molecular weight is 303 g/mol. The summed E-state index contributed by atoms with van der Waals surface area (Å²) in [7, 11) is -1.06. The molecule has 0 spiro atoms. The van der Waals surface area contributed by atoms with E-state index in [0.29, 0.717) is 11.6 Å². The highest BCUT2D eigenvalue weighted by molar-refractivity contribution is 7.86. The molecule has 0 saturated heterocycles. The second kappa shape index (κ2) is 5.73. The van der Waals surface area contributed by atoms with Crippen molar-refractivity contribution >= 4 is 22.1 Å². The summed E-state index contributed by atoms with van der Waals surface area (Å²) in [6.07, 6.45) is 0. The van der Waals surface area contributed by atoms with Crippen LogP contribution in [-0.2, 0) is 16.6 Å². The highest BCUT2D eigenvalue weighted by Crippen LogP contribution is 2.24. The molecule has 0 N–H and O–H groups in total. The smallest absolute Gasteiger partial charge is 0.226 e. The maximum Gasteiger partial charge on any atom is 0.226 e. The molecule has 0 radical (unpaired) electrons. The summed E-state index contributed by atoms with van der Waals surface area (Å²) in [6, 6.07) is 13.5. The molecule has 2 heterocycles. The van der Waals surface area contributed by atoms with Crippen molar-refractivity contribution in [1.82, 2.24) is 4.98 Å². The van der Waals surface area contributed by atoms with Gasteiger partial charge < -0.3 is 4.42 Å². The second-order valence-electron chi connectivity index (χ2n) is 4.31. The lowest BCUT2D eigenvalue weighted by atomic mass is 10.2. The summed E-state index contributed by atoms with van der Waals surface area (Å²) < 4.78 is 18.8. The van der Waals surface area contributed by atoms with Crippen LogP contribution >= 0.6 is 11.3 Å². The van der Waals surface area contributed by atoms with E-state index in [1.54, 1.807) is 0 Å². The Morgan fingerprint density at radius 1 is 1.20 bits per heavy atom. The van der Waals surface area contributed by atoms with E-state index in [1.807, 2.05) is 54.8 Å². The Morgan fingerprint density at radius 2 is 2.00 bits per heavy atom. The Kier molecular flexibility index (Phi) is 3.80. The van der Waals surface area contributed by atoms with Gasteiger partial charge in [-0.05, 0) is 30.5 Å². The van der Waals surface area contributed by atoms with Gasteiger partial charge in [-0.2, -0.15) is 0 Å². The van der Waals surface area contributed by atoms with Crippen molar-refractivity contribution in [2.24, 2.45) is 0 Å². The van der Waals surface area contributed by atoms with Gasteiger partial charge in [-0.15, -0.1) is 11.3 Å². The Bertz CT molecular complexity index is 718. The molecule has 0 aliphatic heterocycles. The van der Waals surface area contributed by atoms with Crippen molar-refractivity contribution in [3.05, 3.63) is 59.3 Å². The third-order valence-electron chi connectivity index (χ3n) is 2.90. The van der Waals surface area contributed by atoms with Crippen molar-refractivity contribution in [3.63, 3.8) is 0 Å². The first-order chi connectivity index (χ1) is 9.74. The fourth-order valence-corrected chi connectivity index (χ4v) is 3.96. The van der Waals surface area contributed by atoms with Crippen LogP contribution in [-0.4, -0.2) is 9.19 Å². The molecule has 0 saturated carbocycles.